The number of fused-ring (bicyclic) bond motifs is 1. The van der Waals surface area contributed by atoms with E-state index in [0.29, 0.717) is 6.79 Å². The molecule has 0 saturated heterocycles. The zero-order valence-corrected chi connectivity index (χ0v) is 13.5. The van der Waals surface area contributed by atoms with E-state index in [9.17, 15) is 0 Å². The van der Waals surface area contributed by atoms with Gasteiger partial charge in [0, 0.05) is 0 Å². The zero-order valence-electron chi connectivity index (χ0n) is 13.5. The maximum atomic E-state index is 5.23. The molecule has 0 radical (unpaired) electrons. The fraction of sp³-hybridized carbons (Fsp3) is 0.200. The fourth-order valence-corrected chi connectivity index (χ4v) is 2.16. The molecular formula is C20H22O3. The van der Waals surface area contributed by atoms with E-state index < -0.39 is 0 Å². The summed E-state index contributed by atoms with van der Waals surface area (Å²) >= 11 is 0. The van der Waals surface area contributed by atoms with Crippen LogP contribution in [0, 0.1) is 0 Å². The second-order valence-corrected chi connectivity index (χ2v) is 5.02. The van der Waals surface area contributed by atoms with E-state index in [0.717, 1.165) is 30.1 Å². The third kappa shape index (κ3) is 4.92. The van der Waals surface area contributed by atoms with Gasteiger partial charge < -0.3 is 14.2 Å². The van der Waals surface area contributed by atoms with Crippen molar-refractivity contribution >= 4 is 0 Å². The lowest BCUT2D eigenvalue weighted by Gasteiger charge is -1.99. The van der Waals surface area contributed by atoms with Crippen LogP contribution >= 0.6 is 0 Å². The lowest BCUT2D eigenvalue weighted by atomic mass is 10.1. The van der Waals surface area contributed by atoms with Crippen molar-refractivity contribution in [2.24, 2.45) is 0 Å². The Morgan fingerprint density at radius 3 is 2.17 bits per heavy atom. The van der Waals surface area contributed by atoms with E-state index >= 15 is 0 Å². The average Bonchev–Trinajstić information content (AvgIpc) is 3.04. The molecule has 2 aromatic carbocycles. The fourth-order valence-electron chi connectivity index (χ4n) is 2.16. The Morgan fingerprint density at radius 2 is 1.52 bits per heavy atom. The maximum Gasteiger partial charge on any atom is 0.231 e. The molecule has 0 amide bonds. The molecule has 0 bridgehead atoms. The van der Waals surface area contributed by atoms with E-state index in [1.54, 1.807) is 7.11 Å². The van der Waals surface area contributed by atoms with Gasteiger partial charge >= 0.3 is 0 Å². The van der Waals surface area contributed by atoms with E-state index in [4.69, 9.17) is 14.2 Å². The maximum absolute atomic E-state index is 5.23. The summed E-state index contributed by atoms with van der Waals surface area (Å²) in [5.41, 5.74) is 2.47. The number of benzene rings is 2. The predicted octanol–water partition coefficient (Wildman–Crippen LogP) is 4.57. The lowest BCUT2D eigenvalue weighted by Crippen LogP contribution is -1.92. The number of rotatable bonds is 5. The van der Waals surface area contributed by atoms with E-state index in [1.807, 2.05) is 54.6 Å². The van der Waals surface area contributed by atoms with E-state index in [1.165, 1.54) is 11.1 Å². The van der Waals surface area contributed by atoms with E-state index in [2.05, 4.69) is 13.2 Å². The van der Waals surface area contributed by atoms with Crippen molar-refractivity contribution in [2.75, 3.05) is 13.9 Å². The molecule has 1 heterocycles. The quantitative estimate of drug-likeness (QED) is 0.757. The summed E-state index contributed by atoms with van der Waals surface area (Å²) in [7, 11) is 1.67. The summed E-state index contributed by atoms with van der Waals surface area (Å²) in [4.78, 5) is 0. The van der Waals surface area contributed by atoms with Gasteiger partial charge in [0.1, 0.15) is 5.75 Å². The van der Waals surface area contributed by atoms with Gasteiger partial charge in [0.05, 0.1) is 7.11 Å². The van der Waals surface area contributed by atoms with Gasteiger partial charge in [-0.2, -0.15) is 0 Å². The lowest BCUT2D eigenvalue weighted by molar-refractivity contribution is 0.174. The molecule has 3 nitrogen and oxygen atoms in total. The van der Waals surface area contributed by atoms with Gasteiger partial charge in [0.2, 0.25) is 6.79 Å². The van der Waals surface area contributed by atoms with Crippen molar-refractivity contribution in [1.82, 2.24) is 0 Å². The number of ether oxygens (including phenoxy) is 3. The van der Waals surface area contributed by atoms with Crippen LogP contribution < -0.4 is 14.2 Å². The first-order valence-corrected chi connectivity index (χ1v) is 7.50. The van der Waals surface area contributed by atoms with Crippen LogP contribution in [0.3, 0.4) is 0 Å². The monoisotopic (exact) mass is 310 g/mol. The first kappa shape index (κ1) is 16.7. The molecule has 3 rings (SSSR count). The molecule has 0 saturated carbocycles. The summed E-state index contributed by atoms with van der Waals surface area (Å²) in [6.45, 7) is 7.68. The number of hydrogen-bond donors (Lipinski definition) is 0. The molecule has 120 valence electrons. The number of allylic oxidation sites excluding steroid dienone is 2. The molecule has 2 aromatic rings. The predicted molar refractivity (Wildman–Crippen MR) is 93.4 cm³/mol. The minimum atomic E-state index is 0.340. The normalized spacial score (nSPS) is 11.2. The van der Waals surface area contributed by atoms with Crippen LogP contribution in [0.2, 0.25) is 0 Å². The Balaban J connectivity index is 0.000000168. The highest BCUT2D eigenvalue weighted by Crippen LogP contribution is 2.32. The molecule has 1 aliphatic heterocycles. The molecule has 0 fully saturated rings. The van der Waals surface area contributed by atoms with Gasteiger partial charge in [0.15, 0.2) is 11.5 Å². The molecule has 23 heavy (non-hydrogen) atoms. The zero-order chi connectivity index (χ0) is 16.5. The SMILES string of the molecule is C=CCc1ccc(OC)cc1.C=CCc1ccc2c(c1)OCO2. The van der Waals surface area contributed by atoms with Crippen molar-refractivity contribution in [3.05, 3.63) is 78.9 Å². The Kier molecular flexibility index (Phi) is 6.30. The van der Waals surface area contributed by atoms with Crippen LogP contribution in [-0.4, -0.2) is 13.9 Å². The third-order valence-electron chi connectivity index (χ3n) is 3.36. The van der Waals surface area contributed by atoms with Gasteiger partial charge in [-0.05, 0) is 48.2 Å². The largest absolute Gasteiger partial charge is 0.497 e. The Hall–Kier alpha value is -2.68. The second-order valence-electron chi connectivity index (χ2n) is 5.02. The van der Waals surface area contributed by atoms with Crippen LogP contribution in [0.1, 0.15) is 11.1 Å². The molecule has 0 atom stereocenters. The molecule has 0 N–H and O–H groups in total. The van der Waals surface area contributed by atoms with Crippen LogP contribution in [0.15, 0.2) is 67.8 Å². The second kappa shape index (κ2) is 8.69. The molecule has 3 heteroatoms. The highest BCUT2D eigenvalue weighted by atomic mass is 16.7. The van der Waals surface area contributed by atoms with E-state index in [-0.39, 0.29) is 0 Å². The molecular weight excluding hydrogens is 288 g/mol. The molecule has 0 aromatic heterocycles. The van der Waals surface area contributed by atoms with Gasteiger partial charge in [-0.15, -0.1) is 13.2 Å². The highest BCUT2D eigenvalue weighted by molar-refractivity contribution is 5.44. The molecule has 0 unspecified atom stereocenters. The van der Waals surface area contributed by atoms with Gasteiger partial charge in [-0.25, -0.2) is 0 Å². The topological polar surface area (TPSA) is 27.7 Å². The Bertz CT molecular complexity index is 644. The van der Waals surface area contributed by atoms with Crippen molar-refractivity contribution in [3.8, 4) is 17.2 Å². The summed E-state index contributed by atoms with van der Waals surface area (Å²) in [5.74, 6) is 2.58. The highest BCUT2D eigenvalue weighted by Gasteiger charge is 2.12. The van der Waals surface area contributed by atoms with Gasteiger partial charge in [-0.1, -0.05) is 30.4 Å². The van der Waals surface area contributed by atoms with Crippen LogP contribution in [0.5, 0.6) is 17.2 Å². The minimum Gasteiger partial charge on any atom is -0.497 e. The van der Waals surface area contributed by atoms with Crippen LogP contribution in [0.4, 0.5) is 0 Å². The average molecular weight is 310 g/mol. The first-order valence-electron chi connectivity index (χ1n) is 7.50. The van der Waals surface area contributed by atoms with Crippen LogP contribution in [-0.2, 0) is 12.8 Å². The standard InChI is InChI=1S/C10H10O2.C10H12O/c1-2-3-8-4-5-9-10(6-8)12-7-11-9;1-3-4-9-5-7-10(11-2)8-6-9/h2,4-6H,1,3,7H2;3,5-8H,1,4H2,2H3. The van der Waals surface area contributed by atoms with Crippen molar-refractivity contribution in [3.63, 3.8) is 0 Å². The smallest absolute Gasteiger partial charge is 0.231 e. The Labute approximate surface area is 137 Å². The van der Waals surface area contributed by atoms with Gasteiger partial charge in [0.25, 0.3) is 0 Å². The first-order chi connectivity index (χ1) is 11.3. The van der Waals surface area contributed by atoms with Crippen molar-refractivity contribution in [2.45, 2.75) is 12.8 Å². The molecule has 1 aliphatic rings. The van der Waals surface area contributed by atoms with Crippen molar-refractivity contribution < 1.29 is 14.2 Å². The molecule has 0 aliphatic carbocycles. The summed E-state index contributed by atoms with van der Waals surface area (Å²) in [6, 6.07) is 13.9. The summed E-state index contributed by atoms with van der Waals surface area (Å²) in [6.07, 6.45) is 5.56. The Morgan fingerprint density at radius 1 is 0.913 bits per heavy atom. The molecule has 0 spiro atoms. The van der Waals surface area contributed by atoms with Gasteiger partial charge in [-0.3, -0.25) is 0 Å². The summed E-state index contributed by atoms with van der Waals surface area (Å²) < 4.78 is 15.4. The minimum absolute atomic E-state index is 0.340. The third-order valence-corrected chi connectivity index (χ3v) is 3.36. The summed E-state index contributed by atoms with van der Waals surface area (Å²) in [5, 5.41) is 0. The number of methoxy groups -OCH3 is 1. The van der Waals surface area contributed by atoms with Crippen LogP contribution in [0.25, 0.3) is 0 Å². The number of hydrogen-bond acceptors (Lipinski definition) is 3. The van der Waals surface area contributed by atoms with Crippen molar-refractivity contribution in [1.29, 1.82) is 0 Å².